The normalized spacial score (nSPS) is 33.5. The maximum absolute atomic E-state index is 14.9. The predicted molar refractivity (Wildman–Crippen MR) is 173 cm³/mol. The standard InChI is InChI=1S/C35H47N3O5S/c1-5-23(3)27(22-39)38-30-33(42)37(24-12-8-7-9-13-24)21-11-19-35(30)29(32(38)41)28-31(40)36(20-10-18-34(28,4)44-35)25-14-16-26(17-15-25)43-6-2/h10-11,14-19,23-24,27-30,39H,5-9,12-13,20-22H2,1-4H3/t23-,27-,28-,29-,30?,34+,35-/m0/s1. The fourth-order valence-corrected chi connectivity index (χ4v) is 10.6. The second-order valence-corrected chi connectivity index (χ2v) is 15.1. The van der Waals surface area contributed by atoms with Gasteiger partial charge < -0.3 is 24.5 Å². The monoisotopic (exact) mass is 621 g/mol. The van der Waals surface area contributed by atoms with E-state index < -0.39 is 33.4 Å². The van der Waals surface area contributed by atoms with E-state index >= 15 is 0 Å². The molecule has 1 aromatic rings. The number of fused-ring (bicyclic) bond motifs is 2. The van der Waals surface area contributed by atoms with Crippen LogP contribution in [-0.2, 0) is 14.4 Å². The molecule has 2 saturated heterocycles. The van der Waals surface area contributed by atoms with Crippen molar-refractivity contribution >= 4 is 35.2 Å². The molecule has 1 aromatic carbocycles. The van der Waals surface area contributed by atoms with Gasteiger partial charge in [0.15, 0.2) is 0 Å². The Morgan fingerprint density at radius 1 is 0.955 bits per heavy atom. The van der Waals surface area contributed by atoms with E-state index in [0.29, 0.717) is 19.7 Å². The molecule has 1 spiro atoms. The first-order valence-electron chi connectivity index (χ1n) is 16.5. The Morgan fingerprint density at radius 3 is 2.32 bits per heavy atom. The van der Waals surface area contributed by atoms with Crippen LogP contribution >= 0.6 is 11.8 Å². The third kappa shape index (κ3) is 4.89. The van der Waals surface area contributed by atoms with Gasteiger partial charge in [-0.05, 0) is 56.9 Å². The molecule has 1 saturated carbocycles. The van der Waals surface area contributed by atoms with E-state index in [4.69, 9.17) is 4.74 Å². The van der Waals surface area contributed by atoms with E-state index in [1.54, 1.807) is 21.6 Å². The van der Waals surface area contributed by atoms with Gasteiger partial charge in [0, 0.05) is 29.6 Å². The van der Waals surface area contributed by atoms with Crippen molar-refractivity contribution in [3.63, 3.8) is 0 Å². The van der Waals surface area contributed by atoms with E-state index in [1.807, 2.05) is 56.0 Å². The average Bonchev–Trinajstić information content (AvgIpc) is 3.29. The van der Waals surface area contributed by atoms with Gasteiger partial charge in [0.2, 0.25) is 17.7 Å². The van der Waals surface area contributed by atoms with Crippen LogP contribution in [0.2, 0.25) is 0 Å². The smallest absolute Gasteiger partial charge is 0.247 e. The first kappa shape index (κ1) is 31.2. The van der Waals surface area contributed by atoms with Gasteiger partial charge >= 0.3 is 0 Å². The summed E-state index contributed by atoms with van der Waals surface area (Å²) in [5.41, 5.74) is 0.751. The van der Waals surface area contributed by atoms with Crippen molar-refractivity contribution in [1.82, 2.24) is 9.80 Å². The number of nitrogens with zero attached hydrogens (tertiary/aromatic N) is 3. The number of amides is 3. The lowest BCUT2D eigenvalue weighted by Crippen LogP contribution is -2.59. The number of hydrogen-bond donors (Lipinski definition) is 1. The van der Waals surface area contributed by atoms with Gasteiger partial charge in [0.1, 0.15) is 11.8 Å². The summed E-state index contributed by atoms with van der Waals surface area (Å²) in [5, 5.41) is 10.7. The molecule has 0 aromatic heterocycles. The zero-order valence-electron chi connectivity index (χ0n) is 26.5. The summed E-state index contributed by atoms with van der Waals surface area (Å²) in [4.78, 5) is 50.0. The number of thioether (sulfide) groups is 1. The summed E-state index contributed by atoms with van der Waals surface area (Å²) >= 11 is 1.61. The molecule has 0 radical (unpaired) electrons. The van der Waals surface area contributed by atoms with Crippen LogP contribution in [0, 0.1) is 17.8 Å². The highest BCUT2D eigenvalue weighted by Gasteiger charge is 2.74. The number of benzene rings is 1. The zero-order valence-corrected chi connectivity index (χ0v) is 27.3. The molecule has 8 nitrogen and oxygen atoms in total. The lowest BCUT2D eigenvalue weighted by Gasteiger charge is -2.43. The summed E-state index contributed by atoms with van der Waals surface area (Å²) in [6.07, 6.45) is 14.4. The van der Waals surface area contributed by atoms with Crippen LogP contribution < -0.4 is 9.64 Å². The number of likely N-dealkylation sites (tertiary alicyclic amines) is 1. The Labute approximate surface area is 265 Å². The Hall–Kier alpha value is -2.78. The summed E-state index contributed by atoms with van der Waals surface area (Å²) in [7, 11) is 0. The molecule has 44 heavy (non-hydrogen) atoms. The summed E-state index contributed by atoms with van der Waals surface area (Å²) in [6.45, 7) is 9.32. The van der Waals surface area contributed by atoms with Crippen molar-refractivity contribution in [3.05, 3.63) is 48.6 Å². The van der Waals surface area contributed by atoms with Crippen LogP contribution in [0.15, 0.2) is 48.6 Å². The number of hydrogen-bond acceptors (Lipinski definition) is 6. The van der Waals surface area contributed by atoms with Gasteiger partial charge in [0.05, 0.1) is 35.8 Å². The predicted octanol–water partition coefficient (Wildman–Crippen LogP) is 4.81. The third-order valence-corrected chi connectivity index (χ3v) is 12.6. The second kappa shape index (κ2) is 12.2. The van der Waals surface area contributed by atoms with Crippen LogP contribution in [0.25, 0.3) is 0 Å². The molecule has 0 bridgehead atoms. The van der Waals surface area contributed by atoms with E-state index in [2.05, 4.69) is 25.2 Å². The number of aliphatic hydroxyl groups excluding tert-OH is 1. The molecule has 5 aliphatic rings. The average molecular weight is 622 g/mol. The van der Waals surface area contributed by atoms with E-state index in [-0.39, 0.29) is 36.3 Å². The molecule has 9 heteroatoms. The van der Waals surface area contributed by atoms with E-state index in [0.717, 1.165) is 43.5 Å². The van der Waals surface area contributed by atoms with Gasteiger partial charge in [-0.25, -0.2) is 0 Å². The van der Waals surface area contributed by atoms with Gasteiger partial charge in [0.25, 0.3) is 0 Å². The van der Waals surface area contributed by atoms with Crippen LogP contribution in [0.3, 0.4) is 0 Å². The highest BCUT2D eigenvalue weighted by atomic mass is 32.2. The summed E-state index contributed by atoms with van der Waals surface area (Å²) in [5.74, 6) is -1.00. The molecule has 238 valence electrons. The first-order valence-corrected chi connectivity index (χ1v) is 17.4. The summed E-state index contributed by atoms with van der Waals surface area (Å²) < 4.78 is 4.03. The quantitative estimate of drug-likeness (QED) is 0.419. The Bertz CT molecular complexity index is 1330. The molecule has 1 N–H and O–H groups in total. The molecule has 6 rings (SSSR count). The van der Waals surface area contributed by atoms with Crippen LogP contribution in [0.1, 0.15) is 66.2 Å². The summed E-state index contributed by atoms with van der Waals surface area (Å²) in [6, 6.07) is 6.39. The topological polar surface area (TPSA) is 90.4 Å². The van der Waals surface area contributed by atoms with Crippen molar-refractivity contribution in [2.24, 2.45) is 17.8 Å². The van der Waals surface area contributed by atoms with Gasteiger partial charge in [-0.15, -0.1) is 11.8 Å². The number of aliphatic hydroxyl groups is 1. The highest BCUT2D eigenvalue weighted by Crippen LogP contribution is 2.66. The second-order valence-electron chi connectivity index (χ2n) is 13.3. The molecule has 4 aliphatic heterocycles. The molecule has 1 unspecified atom stereocenters. The van der Waals surface area contributed by atoms with Crippen molar-refractivity contribution in [2.75, 3.05) is 31.2 Å². The van der Waals surface area contributed by atoms with Crippen molar-refractivity contribution in [3.8, 4) is 5.75 Å². The highest BCUT2D eigenvalue weighted by molar-refractivity contribution is 8.02. The molecule has 3 amide bonds. The van der Waals surface area contributed by atoms with E-state index in [9.17, 15) is 19.5 Å². The SMILES string of the molecule is CCOc1ccc(N2CC=C[C@@]3(C)S[C@]45C=CCN(C6CCCCC6)C(=O)C4N([C@@H](CO)[C@@H](C)CC)C(=O)[C@@H]5[C@H]3C2=O)cc1. The maximum Gasteiger partial charge on any atom is 0.247 e. The van der Waals surface area contributed by atoms with E-state index in [1.165, 1.54) is 6.42 Å². The van der Waals surface area contributed by atoms with Crippen molar-refractivity contribution < 1.29 is 24.2 Å². The number of anilines is 1. The van der Waals surface area contributed by atoms with Crippen molar-refractivity contribution in [1.29, 1.82) is 0 Å². The maximum atomic E-state index is 14.9. The van der Waals surface area contributed by atoms with Crippen LogP contribution in [-0.4, -0.2) is 86.6 Å². The van der Waals surface area contributed by atoms with Gasteiger partial charge in [-0.3, -0.25) is 14.4 Å². The fraction of sp³-hybridized carbons (Fsp3) is 0.629. The molecular weight excluding hydrogens is 574 g/mol. The largest absolute Gasteiger partial charge is 0.494 e. The molecule has 4 heterocycles. The Kier molecular flexibility index (Phi) is 8.65. The first-order chi connectivity index (χ1) is 21.2. The molecule has 7 atom stereocenters. The lowest BCUT2D eigenvalue weighted by atomic mass is 9.74. The van der Waals surface area contributed by atoms with Gasteiger partial charge in [-0.2, -0.15) is 0 Å². The minimum atomic E-state index is -0.917. The minimum absolute atomic E-state index is 0.00976. The molecule has 3 fully saturated rings. The Balaban J connectivity index is 1.45. The van der Waals surface area contributed by atoms with Crippen molar-refractivity contribution in [2.45, 2.75) is 93.8 Å². The zero-order chi connectivity index (χ0) is 31.2. The van der Waals surface area contributed by atoms with Crippen LogP contribution in [0.4, 0.5) is 5.69 Å². The van der Waals surface area contributed by atoms with Gasteiger partial charge in [-0.1, -0.05) is 63.8 Å². The number of carbonyl (C=O) groups excluding carboxylic acids is 3. The third-order valence-electron chi connectivity index (χ3n) is 10.8. The van der Waals surface area contributed by atoms with Crippen LogP contribution in [0.5, 0.6) is 5.75 Å². The molecule has 1 aliphatic carbocycles. The minimum Gasteiger partial charge on any atom is -0.494 e. The number of rotatable bonds is 8. The fourth-order valence-electron chi connectivity index (χ4n) is 8.49. The number of carbonyl (C=O) groups is 3. The molecular formula is C35H47N3O5S. The Morgan fingerprint density at radius 2 is 1.66 bits per heavy atom. The number of ether oxygens (including phenoxy) is 1. The lowest BCUT2D eigenvalue weighted by molar-refractivity contribution is -0.148.